The van der Waals surface area contributed by atoms with Crippen molar-refractivity contribution in [2.45, 2.75) is 6.92 Å². The monoisotopic (exact) mass is 259 g/mol. The highest BCUT2D eigenvalue weighted by atomic mass is 32.1. The summed E-state index contributed by atoms with van der Waals surface area (Å²) in [7, 11) is 0. The number of aromatic nitrogens is 2. The van der Waals surface area contributed by atoms with Crippen LogP contribution in [0.25, 0.3) is 5.69 Å². The van der Waals surface area contributed by atoms with Gasteiger partial charge in [-0.3, -0.25) is 19.5 Å². The topological polar surface area (TPSA) is 66.9 Å². The molecule has 2 N–H and O–H groups in total. The number of aromatic amines is 1. The van der Waals surface area contributed by atoms with E-state index in [1.54, 1.807) is 22.8 Å². The summed E-state index contributed by atoms with van der Waals surface area (Å²) in [5.41, 5.74) is 2.48. The highest BCUT2D eigenvalue weighted by Crippen LogP contribution is 2.20. The van der Waals surface area contributed by atoms with Gasteiger partial charge in [-0.15, -0.1) is 0 Å². The summed E-state index contributed by atoms with van der Waals surface area (Å²) in [6, 6.07) is 5.06. The largest absolute Gasteiger partial charge is 0.335 e. The number of aryl methyl sites for hydroxylation is 1. The van der Waals surface area contributed by atoms with Crippen LogP contribution in [0, 0.1) is 11.7 Å². The fourth-order valence-electron chi connectivity index (χ4n) is 2.01. The van der Waals surface area contributed by atoms with Gasteiger partial charge in [0.05, 0.1) is 11.1 Å². The van der Waals surface area contributed by atoms with Gasteiger partial charge in [-0.2, -0.15) is 0 Å². The van der Waals surface area contributed by atoms with E-state index >= 15 is 0 Å². The first kappa shape index (κ1) is 10.9. The Labute approximate surface area is 107 Å². The minimum Gasteiger partial charge on any atom is -0.335 e. The molecule has 2 amide bonds. The number of hydrogen-bond donors (Lipinski definition) is 2. The van der Waals surface area contributed by atoms with Crippen LogP contribution < -0.4 is 5.32 Å². The Morgan fingerprint density at radius 2 is 1.89 bits per heavy atom. The lowest BCUT2D eigenvalue weighted by Gasteiger charge is -2.03. The van der Waals surface area contributed by atoms with Crippen molar-refractivity contribution in [2.24, 2.45) is 0 Å². The van der Waals surface area contributed by atoms with E-state index in [0.29, 0.717) is 15.9 Å². The van der Waals surface area contributed by atoms with Crippen LogP contribution >= 0.6 is 12.2 Å². The number of H-pyrrole nitrogens is 1. The summed E-state index contributed by atoms with van der Waals surface area (Å²) >= 11 is 5.18. The van der Waals surface area contributed by atoms with Crippen molar-refractivity contribution in [1.82, 2.24) is 14.9 Å². The Hall–Kier alpha value is -2.21. The number of imide groups is 1. The molecule has 0 atom stereocenters. The Balaban J connectivity index is 2.20. The number of nitrogens with zero attached hydrogens (tertiary/aromatic N) is 1. The summed E-state index contributed by atoms with van der Waals surface area (Å²) in [6.07, 6.45) is 1.85. The molecular formula is C12H9N3O2S. The van der Waals surface area contributed by atoms with Crippen molar-refractivity contribution in [2.75, 3.05) is 0 Å². The van der Waals surface area contributed by atoms with E-state index in [4.69, 9.17) is 12.2 Å². The molecule has 1 aromatic heterocycles. The SMILES string of the molecule is Cc1cn(-c2ccc3c(c2)C(=O)NC3=O)c(=S)[nH]1. The van der Waals surface area contributed by atoms with Gasteiger partial charge in [0.2, 0.25) is 0 Å². The van der Waals surface area contributed by atoms with E-state index in [1.165, 1.54) is 0 Å². The van der Waals surface area contributed by atoms with Crippen LogP contribution in [0.15, 0.2) is 24.4 Å². The third kappa shape index (κ3) is 1.50. The average molecular weight is 259 g/mol. The van der Waals surface area contributed by atoms with Gasteiger partial charge in [0.25, 0.3) is 11.8 Å². The van der Waals surface area contributed by atoms with Gasteiger partial charge in [-0.05, 0) is 37.3 Å². The molecule has 0 spiro atoms. The van der Waals surface area contributed by atoms with Crippen LogP contribution in [0.4, 0.5) is 0 Å². The quantitative estimate of drug-likeness (QED) is 0.605. The van der Waals surface area contributed by atoms with Crippen molar-refractivity contribution in [3.8, 4) is 5.69 Å². The molecule has 2 heterocycles. The fourth-order valence-corrected chi connectivity index (χ4v) is 2.33. The molecular weight excluding hydrogens is 250 g/mol. The molecule has 0 radical (unpaired) electrons. The van der Waals surface area contributed by atoms with E-state index < -0.39 is 0 Å². The van der Waals surface area contributed by atoms with Crippen molar-refractivity contribution in [1.29, 1.82) is 0 Å². The molecule has 0 saturated carbocycles. The summed E-state index contributed by atoms with van der Waals surface area (Å²) < 4.78 is 2.32. The first-order valence-electron chi connectivity index (χ1n) is 5.34. The van der Waals surface area contributed by atoms with Crippen LogP contribution in [-0.4, -0.2) is 21.4 Å². The molecule has 0 unspecified atom stereocenters. The number of carbonyl (C=O) groups is 2. The third-order valence-electron chi connectivity index (χ3n) is 2.84. The van der Waals surface area contributed by atoms with Crippen molar-refractivity contribution in [3.63, 3.8) is 0 Å². The van der Waals surface area contributed by atoms with Gasteiger partial charge in [0.15, 0.2) is 4.77 Å². The predicted octanol–water partition coefficient (Wildman–Crippen LogP) is 1.73. The highest BCUT2D eigenvalue weighted by molar-refractivity contribution is 7.71. The standard InChI is InChI=1S/C12H9N3O2S/c1-6-5-15(12(18)13-6)7-2-3-8-9(4-7)11(17)14-10(8)16/h2-5H,1H3,(H,13,18)(H,14,16,17). The number of rotatable bonds is 1. The van der Waals surface area contributed by atoms with Gasteiger partial charge in [0, 0.05) is 17.6 Å². The lowest BCUT2D eigenvalue weighted by atomic mass is 10.1. The van der Waals surface area contributed by atoms with Gasteiger partial charge in [-0.1, -0.05) is 0 Å². The van der Waals surface area contributed by atoms with Gasteiger partial charge in [-0.25, -0.2) is 0 Å². The normalized spacial score (nSPS) is 13.6. The molecule has 3 rings (SSSR count). The predicted molar refractivity (Wildman–Crippen MR) is 67.5 cm³/mol. The number of nitrogens with one attached hydrogen (secondary N) is 2. The van der Waals surface area contributed by atoms with Crippen molar-refractivity contribution < 1.29 is 9.59 Å². The second kappa shape index (κ2) is 3.64. The molecule has 0 bridgehead atoms. The van der Waals surface area contributed by atoms with Crippen LogP contribution in [0.1, 0.15) is 26.4 Å². The molecule has 1 aromatic carbocycles. The molecule has 1 aliphatic heterocycles. The van der Waals surface area contributed by atoms with E-state index in [1.807, 2.05) is 13.1 Å². The third-order valence-corrected chi connectivity index (χ3v) is 3.14. The Morgan fingerprint density at radius 3 is 2.56 bits per heavy atom. The number of hydrogen-bond acceptors (Lipinski definition) is 3. The molecule has 6 heteroatoms. The number of carbonyl (C=O) groups excluding carboxylic acids is 2. The maximum Gasteiger partial charge on any atom is 0.259 e. The minimum atomic E-state index is -0.365. The molecule has 2 aromatic rings. The van der Waals surface area contributed by atoms with Crippen LogP contribution in [0.2, 0.25) is 0 Å². The van der Waals surface area contributed by atoms with Crippen molar-refractivity contribution in [3.05, 3.63) is 46.0 Å². The average Bonchev–Trinajstić information content (AvgIpc) is 2.80. The smallest absolute Gasteiger partial charge is 0.259 e. The van der Waals surface area contributed by atoms with E-state index in [0.717, 1.165) is 11.4 Å². The summed E-state index contributed by atoms with van der Waals surface area (Å²) in [5, 5.41) is 2.26. The van der Waals surface area contributed by atoms with Gasteiger partial charge < -0.3 is 4.98 Å². The molecule has 5 nitrogen and oxygen atoms in total. The number of amides is 2. The Kier molecular flexibility index (Phi) is 2.21. The molecule has 0 saturated heterocycles. The second-order valence-electron chi connectivity index (χ2n) is 4.13. The Bertz CT molecular complexity index is 742. The Morgan fingerprint density at radius 1 is 1.17 bits per heavy atom. The van der Waals surface area contributed by atoms with Crippen LogP contribution in [0.5, 0.6) is 0 Å². The van der Waals surface area contributed by atoms with Gasteiger partial charge >= 0.3 is 0 Å². The zero-order valence-electron chi connectivity index (χ0n) is 9.48. The molecule has 0 fully saturated rings. The maximum absolute atomic E-state index is 11.6. The lowest BCUT2D eigenvalue weighted by molar-refractivity contribution is 0.0879. The first-order valence-corrected chi connectivity index (χ1v) is 5.75. The molecule has 90 valence electrons. The minimum absolute atomic E-state index is 0.351. The van der Waals surface area contributed by atoms with Crippen molar-refractivity contribution >= 4 is 24.0 Å². The van der Waals surface area contributed by atoms with Crippen LogP contribution in [0.3, 0.4) is 0 Å². The lowest BCUT2D eigenvalue weighted by Crippen LogP contribution is -2.19. The fraction of sp³-hybridized carbons (Fsp3) is 0.0833. The van der Waals surface area contributed by atoms with Crippen LogP contribution in [-0.2, 0) is 0 Å². The van der Waals surface area contributed by atoms with E-state index in [9.17, 15) is 9.59 Å². The summed E-state index contributed by atoms with van der Waals surface area (Å²) in [4.78, 5) is 26.0. The number of fused-ring (bicyclic) bond motifs is 1. The molecule has 18 heavy (non-hydrogen) atoms. The summed E-state index contributed by atoms with van der Waals surface area (Å²) in [6.45, 7) is 1.90. The van der Waals surface area contributed by atoms with E-state index in [2.05, 4.69) is 10.3 Å². The molecule has 0 aliphatic carbocycles. The first-order chi connectivity index (χ1) is 8.56. The zero-order valence-corrected chi connectivity index (χ0v) is 10.3. The highest BCUT2D eigenvalue weighted by Gasteiger charge is 2.26. The number of benzene rings is 1. The number of imidazole rings is 1. The zero-order chi connectivity index (χ0) is 12.9. The maximum atomic E-state index is 11.6. The van der Waals surface area contributed by atoms with E-state index in [-0.39, 0.29) is 11.8 Å². The van der Waals surface area contributed by atoms with Gasteiger partial charge in [0.1, 0.15) is 0 Å². The summed E-state index contributed by atoms with van der Waals surface area (Å²) in [5.74, 6) is -0.717. The molecule has 1 aliphatic rings. The second-order valence-corrected chi connectivity index (χ2v) is 4.51.